The Bertz CT molecular complexity index is 322. The van der Waals surface area contributed by atoms with Crippen molar-refractivity contribution in [1.29, 1.82) is 0 Å². The van der Waals surface area contributed by atoms with Gasteiger partial charge >= 0.3 is 0 Å². The average molecular weight is 303 g/mol. The van der Waals surface area contributed by atoms with Gasteiger partial charge in [-0.2, -0.15) is 0 Å². The Morgan fingerprint density at radius 2 is 1.23 bits per heavy atom. The Balaban J connectivity index is 1.55. The smallest absolute Gasteiger partial charge is 0.0233 e. The lowest BCUT2D eigenvalue weighted by molar-refractivity contribution is 0.263. The highest BCUT2D eigenvalue weighted by Gasteiger charge is 2.20. The van der Waals surface area contributed by atoms with Crippen LogP contribution in [0, 0.1) is 23.7 Å². The van der Waals surface area contributed by atoms with Gasteiger partial charge < -0.3 is 0 Å². The Morgan fingerprint density at radius 3 is 1.73 bits per heavy atom. The third-order valence-electron chi connectivity index (χ3n) is 6.12. The van der Waals surface area contributed by atoms with Crippen LogP contribution in [0.25, 0.3) is 0 Å². The fourth-order valence-corrected chi connectivity index (χ4v) is 4.63. The summed E-state index contributed by atoms with van der Waals surface area (Å²) in [6.45, 7) is 4.49. The van der Waals surface area contributed by atoms with Crippen molar-refractivity contribution in [3.05, 3.63) is 24.3 Å². The Morgan fingerprint density at radius 1 is 0.727 bits per heavy atom. The molecule has 22 heavy (non-hydrogen) atoms. The van der Waals surface area contributed by atoms with Crippen LogP contribution in [0.3, 0.4) is 0 Å². The molecular formula is C22H38. The van der Waals surface area contributed by atoms with E-state index in [0.29, 0.717) is 0 Å². The van der Waals surface area contributed by atoms with Gasteiger partial charge in [0.15, 0.2) is 0 Å². The Labute approximate surface area is 139 Å². The molecule has 0 saturated heterocycles. The number of hydrogen-bond donors (Lipinski definition) is 0. The topological polar surface area (TPSA) is 0 Å². The summed E-state index contributed by atoms with van der Waals surface area (Å²) in [7, 11) is 0. The lowest BCUT2D eigenvalue weighted by Gasteiger charge is -2.28. The summed E-state index contributed by atoms with van der Waals surface area (Å²) in [5, 5.41) is 0. The molecule has 0 N–H and O–H groups in total. The van der Waals surface area contributed by atoms with Gasteiger partial charge in [-0.25, -0.2) is 0 Å². The fraction of sp³-hybridized carbons (Fsp3) is 0.818. The first-order valence-electron chi connectivity index (χ1n) is 10.1. The van der Waals surface area contributed by atoms with Crippen LogP contribution >= 0.6 is 0 Å². The summed E-state index contributed by atoms with van der Waals surface area (Å²) in [5.74, 6) is 3.90. The number of allylic oxidation sites excluding steroid dienone is 4. The van der Waals surface area contributed by atoms with Gasteiger partial charge in [0, 0.05) is 0 Å². The molecule has 0 aromatic rings. The minimum Gasteiger partial charge on any atom is -0.0914 e. The summed E-state index contributed by atoms with van der Waals surface area (Å²) >= 11 is 0. The van der Waals surface area contributed by atoms with Gasteiger partial charge in [-0.3, -0.25) is 0 Å². The molecule has 0 atom stereocenters. The van der Waals surface area contributed by atoms with Gasteiger partial charge in [0.1, 0.15) is 0 Å². The molecule has 0 aromatic heterocycles. The molecule has 2 aliphatic carbocycles. The molecule has 0 spiro atoms. The Hall–Kier alpha value is -0.520. The summed E-state index contributed by atoms with van der Waals surface area (Å²) in [6, 6.07) is 0. The zero-order chi connectivity index (χ0) is 15.6. The van der Waals surface area contributed by atoms with Crippen molar-refractivity contribution < 1.29 is 0 Å². The van der Waals surface area contributed by atoms with Crippen molar-refractivity contribution in [2.45, 2.75) is 90.9 Å². The van der Waals surface area contributed by atoms with Crippen LogP contribution in [0.4, 0.5) is 0 Å². The summed E-state index contributed by atoms with van der Waals surface area (Å²) in [6.07, 6.45) is 26.9. The van der Waals surface area contributed by atoms with Crippen molar-refractivity contribution in [1.82, 2.24) is 0 Å². The molecule has 2 fully saturated rings. The molecule has 2 aliphatic rings. The quantitative estimate of drug-likeness (QED) is 0.432. The van der Waals surface area contributed by atoms with E-state index >= 15 is 0 Å². The normalized spacial score (nSPS) is 33.7. The van der Waals surface area contributed by atoms with Crippen LogP contribution in [-0.2, 0) is 0 Å². The van der Waals surface area contributed by atoms with Gasteiger partial charge in [0.25, 0.3) is 0 Å². The monoisotopic (exact) mass is 302 g/mol. The lowest BCUT2D eigenvalue weighted by atomic mass is 9.78. The predicted molar refractivity (Wildman–Crippen MR) is 99.0 cm³/mol. The van der Waals surface area contributed by atoms with Gasteiger partial charge in [-0.15, -0.1) is 0 Å². The van der Waals surface area contributed by atoms with Crippen molar-refractivity contribution >= 4 is 0 Å². The molecule has 0 amide bonds. The van der Waals surface area contributed by atoms with Gasteiger partial charge in [-0.05, 0) is 82.0 Å². The van der Waals surface area contributed by atoms with Gasteiger partial charge in [-0.1, -0.05) is 56.9 Å². The lowest BCUT2D eigenvalue weighted by Crippen LogP contribution is -2.14. The molecular weight excluding hydrogens is 264 g/mol. The minimum absolute atomic E-state index is 0.878. The first kappa shape index (κ1) is 17.8. The molecule has 0 aliphatic heterocycles. The van der Waals surface area contributed by atoms with E-state index in [0.717, 1.165) is 23.7 Å². The standard InChI is InChI=1S/C22H38/c1-3-7-19-11-15-21(16-12-19)9-5-6-10-22-17-13-20(8-4-2)14-18-22/h3,5-7,19-22H,4,8-18H2,1-2H3/b6-5-,7-3+/t19-,20-,21-,22-. The molecule has 0 unspecified atom stereocenters. The summed E-state index contributed by atoms with van der Waals surface area (Å²) < 4.78 is 0. The predicted octanol–water partition coefficient (Wildman–Crippen LogP) is 7.31. The van der Waals surface area contributed by atoms with E-state index in [9.17, 15) is 0 Å². The van der Waals surface area contributed by atoms with E-state index in [4.69, 9.17) is 0 Å². The van der Waals surface area contributed by atoms with Crippen LogP contribution in [-0.4, -0.2) is 0 Å². The summed E-state index contributed by atoms with van der Waals surface area (Å²) in [4.78, 5) is 0. The van der Waals surface area contributed by atoms with E-state index in [1.807, 2.05) is 0 Å². The second-order valence-corrected chi connectivity index (χ2v) is 7.92. The first-order valence-corrected chi connectivity index (χ1v) is 10.1. The molecule has 2 saturated carbocycles. The zero-order valence-corrected chi connectivity index (χ0v) is 15.1. The molecule has 2 rings (SSSR count). The maximum absolute atomic E-state index is 2.52. The average Bonchev–Trinajstić information content (AvgIpc) is 2.55. The highest BCUT2D eigenvalue weighted by atomic mass is 14.3. The van der Waals surface area contributed by atoms with Gasteiger partial charge in [0.05, 0.1) is 0 Å². The van der Waals surface area contributed by atoms with Crippen LogP contribution < -0.4 is 0 Å². The first-order chi connectivity index (χ1) is 10.8. The highest BCUT2D eigenvalue weighted by molar-refractivity contribution is 4.92. The largest absolute Gasteiger partial charge is 0.0914 e. The van der Waals surface area contributed by atoms with Gasteiger partial charge in [0.2, 0.25) is 0 Å². The number of rotatable bonds is 7. The Kier molecular flexibility index (Phi) is 8.34. The second kappa shape index (κ2) is 10.3. The third-order valence-corrected chi connectivity index (χ3v) is 6.12. The maximum atomic E-state index is 2.52. The van der Waals surface area contributed by atoms with E-state index in [1.54, 1.807) is 0 Å². The molecule has 0 heterocycles. The molecule has 0 nitrogen and oxygen atoms in total. The minimum atomic E-state index is 0.878. The van der Waals surface area contributed by atoms with Crippen molar-refractivity contribution in [2.75, 3.05) is 0 Å². The molecule has 126 valence electrons. The van der Waals surface area contributed by atoms with Crippen molar-refractivity contribution in [3.8, 4) is 0 Å². The highest BCUT2D eigenvalue weighted by Crippen LogP contribution is 2.34. The molecule has 0 bridgehead atoms. The molecule has 0 radical (unpaired) electrons. The van der Waals surface area contributed by atoms with E-state index in [-0.39, 0.29) is 0 Å². The fourth-order valence-electron chi connectivity index (χ4n) is 4.63. The van der Waals surface area contributed by atoms with Crippen LogP contribution in [0.1, 0.15) is 90.9 Å². The maximum Gasteiger partial charge on any atom is -0.0233 e. The van der Waals surface area contributed by atoms with Crippen LogP contribution in [0.5, 0.6) is 0 Å². The second-order valence-electron chi connectivity index (χ2n) is 7.92. The van der Waals surface area contributed by atoms with Crippen molar-refractivity contribution in [2.24, 2.45) is 23.7 Å². The number of hydrogen-bond acceptors (Lipinski definition) is 0. The van der Waals surface area contributed by atoms with Crippen LogP contribution in [0.15, 0.2) is 24.3 Å². The molecule has 0 aromatic carbocycles. The van der Waals surface area contributed by atoms with E-state index < -0.39 is 0 Å². The SMILES string of the molecule is C/C=C/[C@H]1CC[C@H](C/C=C\C[C@H]2CC[C@H](CCC)CC2)CC1. The van der Waals surface area contributed by atoms with E-state index in [2.05, 4.69) is 38.2 Å². The van der Waals surface area contributed by atoms with E-state index in [1.165, 1.54) is 77.0 Å². The van der Waals surface area contributed by atoms with Crippen molar-refractivity contribution in [3.63, 3.8) is 0 Å². The zero-order valence-electron chi connectivity index (χ0n) is 15.1. The third kappa shape index (κ3) is 6.31. The van der Waals surface area contributed by atoms with Crippen LogP contribution in [0.2, 0.25) is 0 Å². The molecule has 0 heteroatoms. The summed E-state index contributed by atoms with van der Waals surface area (Å²) in [5.41, 5.74) is 0.